The van der Waals surface area contributed by atoms with Gasteiger partial charge in [-0.15, -0.1) is 0 Å². The minimum absolute atomic E-state index is 0.430. The fourth-order valence-corrected chi connectivity index (χ4v) is 2.89. The molecule has 0 bridgehead atoms. The molecule has 1 aromatic carbocycles. The predicted molar refractivity (Wildman–Crippen MR) is 94.0 cm³/mol. The summed E-state index contributed by atoms with van der Waals surface area (Å²) >= 11 is 0. The van der Waals surface area contributed by atoms with Gasteiger partial charge in [0.1, 0.15) is 0 Å². The lowest BCUT2D eigenvalue weighted by Gasteiger charge is -2.23. The standard InChI is InChI=1S/C19H33NO2/c1-15(14-19(2,3)4)9-11-20-12-10-16-7-8-17(21-5)18(13-16)22-6/h7-8,13,15,20H,9-12,14H2,1-6H3/t15-/m1/s1. The van der Waals surface area contributed by atoms with E-state index in [2.05, 4.69) is 45.1 Å². The van der Waals surface area contributed by atoms with Crippen molar-refractivity contribution in [3.05, 3.63) is 23.8 Å². The van der Waals surface area contributed by atoms with Crippen molar-refractivity contribution in [3.63, 3.8) is 0 Å². The van der Waals surface area contributed by atoms with Gasteiger partial charge in [0.25, 0.3) is 0 Å². The van der Waals surface area contributed by atoms with Crippen LogP contribution in [0.25, 0.3) is 0 Å². The highest BCUT2D eigenvalue weighted by atomic mass is 16.5. The highest BCUT2D eigenvalue weighted by Gasteiger charge is 2.14. The van der Waals surface area contributed by atoms with Crippen LogP contribution in [-0.2, 0) is 6.42 Å². The summed E-state index contributed by atoms with van der Waals surface area (Å²) in [7, 11) is 3.34. The van der Waals surface area contributed by atoms with Gasteiger partial charge in [-0.3, -0.25) is 0 Å². The summed E-state index contributed by atoms with van der Waals surface area (Å²) < 4.78 is 10.6. The van der Waals surface area contributed by atoms with E-state index in [0.29, 0.717) is 5.41 Å². The molecule has 3 nitrogen and oxygen atoms in total. The van der Waals surface area contributed by atoms with E-state index < -0.39 is 0 Å². The third kappa shape index (κ3) is 7.17. The van der Waals surface area contributed by atoms with Crippen LogP contribution < -0.4 is 14.8 Å². The quantitative estimate of drug-likeness (QED) is 0.690. The molecule has 0 radical (unpaired) electrons. The van der Waals surface area contributed by atoms with Gasteiger partial charge in [-0.1, -0.05) is 33.8 Å². The minimum atomic E-state index is 0.430. The zero-order valence-electron chi connectivity index (χ0n) is 15.2. The predicted octanol–water partition coefficient (Wildman–Crippen LogP) is 4.30. The van der Waals surface area contributed by atoms with Gasteiger partial charge < -0.3 is 14.8 Å². The largest absolute Gasteiger partial charge is 0.493 e. The van der Waals surface area contributed by atoms with Crippen molar-refractivity contribution in [1.29, 1.82) is 0 Å². The first-order valence-corrected chi connectivity index (χ1v) is 8.27. The Morgan fingerprint density at radius 3 is 2.32 bits per heavy atom. The molecule has 126 valence electrons. The molecule has 0 aliphatic carbocycles. The Morgan fingerprint density at radius 1 is 1.05 bits per heavy atom. The molecule has 0 fully saturated rings. The number of hydrogen-bond acceptors (Lipinski definition) is 3. The molecule has 0 amide bonds. The maximum atomic E-state index is 5.34. The van der Waals surface area contributed by atoms with Crippen molar-refractivity contribution < 1.29 is 9.47 Å². The van der Waals surface area contributed by atoms with Crippen molar-refractivity contribution in [2.45, 2.75) is 47.0 Å². The van der Waals surface area contributed by atoms with Crippen molar-refractivity contribution in [2.24, 2.45) is 11.3 Å². The lowest BCUT2D eigenvalue weighted by Crippen LogP contribution is -2.21. The fraction of sp³-hybridized carbons (Fsp3) is 0.684. The molecular formula is C19H33NO2. The topological polar surface area (TPSA) is 30.5 Å². The second-order valence-corrected chi connectivity index (χ2v) is 7.35. The van der Waals surface area contributed by atoms with E-state index in [1.807, 2.05) is 6.07 Å². The van der Waals surface area contributed by atoms with E-state index in [0.717, 1.165) is 36.9 Å². The molecule has 0 heterocycles. The normalized spacial score (nSPS) is 13.0. The summed E-state index contributed by atoms with van der Waals surface area (Å²) in [5, 5.41) is 3.54. The van der Waals surface area contributed by atoms with Gasteiger partial charge in [0.05, 0.1) is 14.2 Å². The molecule has 0 saturated heterocycles. The zero-order valence-corrected chi connectivity index (χ0v) is 15.2. The lowest BCUT2D eigenvalue weighted by molar-refractivity contribution is 0.295. The Morgan fingerprint density at radius 2 is 1.73 bits per heavy atom. The van der Waals surface area contributed by atoms with Crippen LogP contribution in [0.5, 0.6) is 11.5 Å². The summed E-state index contributed by atoms with van der Waals surface area (Å²) in [5.74, 6) is 2.36. The van der Waals surface area contributed by atoms with Crippen LogP contribution >= 0.6 is 0 Å². The van der Waals surface area contributed by atoms with Gasteiger partial charge in [0.2, 0.25) is 0 Å². The molecule has 0 saturated carbocycles. The summed E-state index contributed by atoms with van der Waals surface area (Å²) in [4.78, 5) is 0. The Labute approximate surface area is 136 Å². The first kappa shape index (κ1) is 18.8. The minimum Gasteiger partial charge on any atom is -0.493 e. The maximum Gasteiger partial charge on any atom is 0.160 e. The number of benzene rings is 1. The molecule has 0 spiro atoms. The molecule has 0 aromatic heterocycles. The average Bonchev–Trinajstić information content (AvgIpc) is 2.44. The van der Waals surface area contributed by atoms with Crippen molar-refractivity contribution in [3.8, 4) is 11.5 Å². The molecule has 1 aromatic rings. The molecule has 1 rings (SSSR count). The number of hydrogen-bond donors (Lipinski definition) is 1. The smallest absolute Gasteiger partial charge is 0.160 e. The lowest BCUT2D eigenvalue weighted by atomic mass is 9.84. The van der Waals surface area contributed by atoms with E-state index >= 15 is 0 Å². The Kier molecular flexibility index (Phi) is 7.74. The molecule has 0 aliphatic heterocycles. The monoisotopic (exact) mass is 307 g/mol. The summed E-state index contributed by atoms with van der Waals surface area (Å²) in [6.45, 7) is 11.4. The molecule has 3 heteroatoms. The second kappa shape index (κ2) is 9.04. The van der Waals surface area contributed by atoms with Crippen LogP contribution in [0, 0.1) is 11.3 Å². The first-order chi connectivity index (χ1) is 10.4. The Bertz CT molecular complexity index is 438. The number of ether oxygens (including phenoxy) is 2. The van der Waals surface area contributed by atoms with Gasteiger partial charge in [-0.25, -0.2) is 0 Å². The van der Waals surface area contributed by atoms with E-state index in [1.165, 1.54) is 18.4 Å². The zero-order chi connectivity index (χ0) is 16.6. The molecular weight excluding hydrogens is 274 g/mol. The van der Waals surface area contributed by atoms with Crippen LogP contribution in [0.3, 0.4) is 0 Å². The molecule has 0 aliphatic rings. The Hall–Kier alpha value is -1.22. The van der Waals surface area contributed by atoms with Crippen LogP contribution in [0.15, 0.2) is 18.2 Å². The SMILES string of the molecule is COc1ccc(CCNCC[C@@H](C)CC(C)(C)C)cc1OC. The molecule has 1 N–H and O–H groups in total. The fourth-order valence-electron chi connectivity index (χ4n) is 2.89. The number of methoxy groups -OCH3 is 2. The summed E-state index contributed by atoms with van der Waals surface area (Å²) in [6.07, 6.45) is 3.53. The van der Waals surface area contributed by atoms with E-state index in [-0.39, 0.29) is 0 Å². The van der Waals surface area contributed by atoms with Gasteiger partial charge >= 0.3 is 0 Å². The summed E-state index contributed by atoms with van der Waals surface area (Å²) in [5.41, 5.74) is 1.70. The highest BCUT2D eigenvalue weighted by molar-refractivity contribution is 5.42. The number of rotatable bonds is 9. The van der Waals surface area contributed by atoms with Gasteiger partial charge in [-0.2, -0.15) is 0 Å². The van der Waals surface area contributed by atoms with Crippen molar-refractivity contribution in [1.82, 2.24) is 5.32 Å². The Balaban J connectivity index is 2.27. The second-order valence-electron chi connectivity index (χ2n) is 7.35. The van der Waals surface area contributed by atoms with Gasteiger partial charge in [0.15, 0.2) is 11.5 Å². The third-order valence-electron chi connectivity index (χ3n) is 3.81. The van der Waals surface area contributed by atoms with Crippen LogP contribution in [0.1, 0.15) is 46.1 Å². The van der Waals surface area contributed by atoms with Crippen LogP contribution in [0.2, 0.25) is 0 Å². The third-order valence-corrected chi connectivity index (χ3v) is 3.81. The highest BCUT2D eigenvalue weighted by Crippen LogP contribution is 2.27. The van der Waals surface area contributed by atoms with Crippen LogP contribution in [-0.4, -0.2) is 27.3 Å². The first-order valence-electron chi connectivity index (χ1n) is 8.27. The molecule has 22 heavy (non-hydrogen) atoms. The van der Waals surface area contributed by atoms with Crippen molar-refractivity contribution >= 4 is 0 Å². The van der Waals surface area contributed by atoms with E-state index in [4.69, 9.17) is 9.47 Å². The van der Waals surface area contributed by atoms with Crippen molar-refractivity contribution in [2.75, 3.05) is 27.3 Å². The molecule has 0 unspecified atom stereocenters. The number of nitrogens with one attached hydrogen (secondary N) is 1. The molecule has 1 atom stereocenters. The van der Waals surface area contributed by atoms with E-state index in [9.17, 15) is 0 Å². The average molecular weight is 307 g/mol. The van der Waals surface area contributed by atoms with Crippen LogP contribution in [0.4, 0.5) is 0 Å². The maximum absolute atomic E-state index is 5.34. The van der Waals surface area contributed by atoms with E-state index in [1.54, 1.807) is 14.2 Å². The summed E-state index contributed by atoms with van der Waals surface area (Å²) in [6, 6.07) is 6.13. The van der Waals surface area contributed by atoms with Gasteiger partial charge in [0, 0.05) is 0 Å². The van der Waals surface area contributed by atoms with Gasteiger partial charge in [-0.05, 0) is 61.4 Å².